The molecule has 21 heavy (non-hydrogen) atoms. The Morgan fingerprint density at radius 3 is 2.62 bits per heavy atom. The molecule has 2 aromatic carbocycles. The summed E-state index contributed by atoms with van der Waals surface area (Å²) in [5.41, 5.74) is 6.66. The maximum atomic E-state index is 10.9. The molecule has 108 valence electrons. The number of nitrogens with zero attached hydrogens (tertiary/aromatic N) is 1. The average Bonchev–Trinajstić information content (AvgIpc) is 2.42. The fourth-order valence-electron chi connectivity index (χ4n) is 1.83. The molecule has 0 bridgehead atoms. The zero-order valence-electron chi connectivity index (χ0n) is 11.1. The smallest absolute Gasteiger partial charge is 0.287 e. The van der Waals surface area contributed by atoms with E-state index < -0.39 is 4.92 Å². The van der Waals surface area contributed by atoms with Crippen molar-refractivity contribution in [3.05, 3.63) is 62.1 Å². The minimum Gasteiger partial charge on any atom is -0.455 e. The summed E-state index contributed by atoms with van der Waals surface area (Å²) in [6.07, 6.45) is 0. The maximum Gasteiger partial charge on any atom is 0.287 e. The van der Waals surface area contributed by atoms with Crippen LogP contribution in [0.15, 0.2) is 40.9 Å². The van der Waals surface area contributed by atoms with Crippen LogP contribution in [0.2, 0.25) is 0 Å². The minimum atomic E-state index is -0.499. The third-order valence-electron chi connectivity index (χ3n) is 2.85. The number of nitrogen functional groups attached to an aromatic ring is 1. The maximum absolute atomic E-state index is 10.9. The minimum absolute atomic E-state index is 0.0922. The molecular formula is C14H12BrN3O3. The molecular weight excluding hydrogens is 338 g/mol. The molecule has 0 aromatic heterocycles. The molecule has 0 heterocycles. The predicted molar refractivity (Wildman–Crippen MR) is 83.1 cm³/mol. The van der Waals surface area contributed by atoms with Gasteiger partial charge in [0.15, 0.2) is 0 Å². The second-order valence-corrected chi connectivity index (χ2v) is 5.11. The highest BCUT2D eigenvalue weighted by molar-refractivity contribution is 9.10. The fraction of sp³-hybridized carbons (Fsp3) is 0.0714. The second kappa shape index (κ2) is 5.92. The van der Waals surface area contributed by atoms with Gasteiger partial charge in [-0.05, 0) is 40.5 Å². The van der Waals surface area contributed by atoms with Gasteiger partial charge in [0, 0.05) is 6.07 Å². The Labute approximate surface area is 129 Å². The van der Waals surface area contributed by atoms with Gasteiger partial charge in [0.25, 0.3) is 5.69 Å². The number of halogens is 1. The van der Waals surface area contributed by atoms with Gasteiger partial charge < -0.3 is 10.5 Å². The summed E-state index contributed by atoms with van der Waals surface area (Å²) >= 11 is 3.17. The zero-order valence-corrected chi connectivity index (χ0v) is 12.7. The molecule has 0 saturated heterocycles. The highest BCUT2D eigenvalue weighted by Crippen LogP contribution is 2.38. The van der Waals surface area contributed by atoms with Gasteiger partial charge in [0.1, 0.15) is 21.8 Å². The summed E-state index contributed by atoms with van der Waals surface area (Å²) < 4.78 is 5.99. The molecule has 7 heteroatoms. The Morgan fingerprint density at radius 1 is 1.33 bits per heavy atom. The van der Waals surface area contributed by atoms with Crippen molar-refractivity contribution in [3.8, 4) is 11.5 Å². The lowest BCUT2D eigenvalue weighted by Gasteiger charge is -2.14. The zero-order chi connectivity index (χ0) is 15.6. The lowest BCUT2D eigenvalue weighted by molar-refractivity contribution is -0.385. The Hall–Kier alpha value is -2.41. The largest absolute Gasteiger partial charge is 0.455 e. The van der Waals surface area contributed by atoms with Crippen LogP contribution in [0.3, 0.4) is 0 Å². The fourth-order valence-corrected chi connectivity index (χ4v) is 2.32. The predicted octanol–water partition coefficient (Wildman–Crippen LogP) is 3.74. The van der Waals surface area contributed by atoms with Crippen molar-refractivity contribution in [1.82, 2.24) is 0 Å². The van der Waals surface area contributed by atoms with Crippen molar-refractivity contribution in [2.45, 2.75) is 6.92 Å². The SMILES string of the molecule is Cc1cccc(C(=N)N)c1Oc1cccc([N+](=O)[O-])c1Br. The van der Waals surface area contributed by atoms with E-state index in [-0.39, 0.29) is 16.0 Å². The third-order valence-corrected chi connectivity index (χ3v) is 3.65. The molecule has 0 amide bonds. The van der Waals surface area contributed by atoms with Crippen LogP contribution in [0.1, 0.15) is 11.1 Å². The number of ether oxygens (including phenoxy) is 1. The molecule has 2 rings (SSSR count). The van der Waals surface area contributed by atoms with Gasteiger partial charge >= 0.3 is 0 Å². The first-order valence-corrected chi connectivity index (χ1v) is 6.76. The number of benzene rings is 2. The van der Waals surface area contributed by atoms with Crippen LogP contribution in [0.4, 0.5) is 5.69 Å². The number of hydrogen-bond acceptors (Lipinski definition) is 4. The van der Waals surface area contributed by atoms with Crippen molar-refractivity contribution >= 4 is 27.5 Å². The van der Waals surface area contributed by atoms with E-state index in [4.69, 9.17) is 15.9 Å². The Morgan fingerprint density at radius 2 is 2.00 bits per heavy atom. The lowest BCUT2D eigenvalue weighted by Crippen LogP contribution is -2.12. The van der Waals surface area contributed by atoms with Gasteiger partial charge in [-0.1, -0.05) is 18.2 Å². The summed E-state index contributed by atoms with van der Waals surface area (Å²) in [6.45, 7) is 1.81. The quantitative estimate of drug-likeness (QED) is 0.379. The number of amidine groups is 1. The van der Waals surface area contributed by atoms with E-state index in [2.05, 4.69) is 15.9 Å². The molecule has 0 unspecified atom stereocenters. The molecule has 0 aliphatic heterocycles. The topological polar surface area (TPSA) is 102 Å². The van der Waals surface area contributed by atoms with Gasteiger partial charge in [0.05, 0.1) is 10.5 Å². The highest BCUT2D eigenvalue weighted by Gasteiger charge is 2.18. The Balaban J connectivity index is 2.51. The molecule has 0 aliphatic rings. The summed E-state index contributed by atoms with van der Waals surface area (Å²) in [4.78, 5) is 10.4. The first-order valence-electron chi connectivity index (χ1n) is 5.96. The number of hydrogen-bond donors (Lipinski definition) is 2. The molecule has 0 fully saturated rings. The van der Waals surface area contributed by atoms with Crippen molar-refractivity contribution in [3.63, 3.8) is 0 Å². The Bertz CT molecular complexity index is 731. The first kappa shape index (κ1) is 15.0. The highest BCUT2D eigenvalue weighted by atomic mass is 79.9. The number of aryl methyl sites for hydroxylation is 1. The van der Waals surface area contributed by atoms with Crippen LogP contribution in [-0.4, -0.2) is 10.8 Å². The van der Waals surface area contributed by atoms with Gasteiger partial charge in [-0.25, -0.2) is 0 Å². The van der Waals surface area contributed by atoms with E-state index in [1.807, 2.05) is 13.0 Å². The van der Waals surface area contributed by atoms with Crippen LogP contribution in [0, 0.1) is 22.4 Å². The molecule has 0 spiro atoms. The molecule has 0 radical (unpaired) electrons. The first-order chi connectivity index (χ1) is 9.91. The van der Waals surface area contributed by atoms with Gasteiger partial charge in [-0.3, -0.25) is 15.5 Å². The van der Waals surface area contributed by atoms with E-state index in [0.29, 0.717) is 17.1 Å². The average molecular weight is 350 g/mol. The Kier molecular flexibility index (Phi) is 4.23. The van der Waals surface area contributed by atoms with Gasteiger partial charge in [0.2, 0.25) is 0 Å². The second-order valence-electron chi connectivity index (χ2n) is 4.31. The summed E-state index contributed by atoms with van der Waals surface area (Å²) in [6, 6.07) is 9.75. The van der Waals surface area contributed by atoms with Crippen LogP contribution in [-0.2, 0) is 0 Å². The molecule has 0 atom stereocenters. The van der Waals surface area contributed by atoms with Crippen LogP contribution < -0.4 is 10.5 Å². The number of nitrogens with one attached hydrogen (secondary N) is 1. The van der Waals surface area contributed by atoms with E-state index in [1.54, 1.807) is 18.2 Å². The molecule has 0 aliphatic carbocycles. The molecule has 2 aromatic rings. The summed E-state index contributed by atoms with van der Waals surface area (Å²) in [7, 11) is 0. The number of nitro groups is 1. The van der Waals surface area contributed by atoms with Gasteiger partial charge in [-0.2, -0.15) is 0 Å². The molecule has 3 N–H and O–H groups in total. The van der Waals surface area contributed by atoms with E-state index >= 15 is 0 Å². The van der Waals surface area contributed by atoms with Gasteiger partial charge in [-0.15, -0.1) is 0 Å². The van der Waals surface area contributed by atoms with Crippen LogP contribution >= 0.6 is 15.9 Å². The summed E-state index contributed by atoms with van der Waals surface area (Å²) in [5.74, 6) is 0.572. The van der Waals surface area contributed by atoms with E-state index in [1.165, 1.54) is 12.1 Å². The van der Waals surface area contributed by atoms with E-state index in [0.717, 1.165) is 5.56 Å². The summed E-state index contributed by atoms with van der Waals surface area (Å²) in [5, 5.41) is 18.5. The third kappa shape index (κ3) is 3.03. The van der Waals surface area contributed by atoms with Crippen molar-refractivity contribution < 1.29 is 9.66 Å². The monoisotopic (exact) mass is 349 g/mol. The molecule has 0 saturated carbocycles. The normalized spacial score (nSPS) is 10.2. The standard InChI is InChI=1S/C14H12BrN3O3/c1-8-4-2-5-9(14(16)17)13(8)21-11-7-3-6-10(12(11)15)18(19)20/h2-7H,1H3,(H3,16,17). The van der Waals surface area contributed by atoms with Crippen molar-refractivity contribution in [2.24, 2.45) is 5.73 Å². The number of rotatable bonds is 4. The van der Waals surface area contributed by atoms with Crippen molar-refractivity contribution in [1.29, 1.82) is 5.41 Å². The van der Waals surface area contributed by atoms with E-state index in [9.17, 15) is 10.1 Å². The number of nitro benzene ring substituents is 1. The molecule has 6 nitrogen and oxygen atoms in total. The van der Waals surface area contributed by atoms with Crippen LogP contribution in [0.25, 0.3) is 0 Å². The van der Waals surface area contributed by atoms with Crippen LogP contribution in [0.5, 0.6) is 11.5 Å². The van der Waals surface area contributed by atoms with Crippen molar-refractivity contribution in [2.75, 3.05) is 0 Å². The number of nitrogens with two attached hydrogens (primary N) is 1. The lowest BCUT2D eigenvalue weighted by atomic mass is 10.1. The number of para-hydroxylation sites is 1.